The number of rotatable bonds is 7. The number of ether oxygens (including phenoxy) is 1. The van der Waals surface area contributed by atoms with Crippen LogP contribution in [0.5, 0.6) is 5.75 Å². The summed E-state index contributed by atoms with van der Waals surface area (Å²) in [7, 11) is 0. The molecule has 2 aromatic carbocycles. The fraction of sp³-hybridized carbons (Fsp3) is 0.133. The van der Waals surface area contributed by atoms with E-state index in [4.69, 9.17) is 10.5 Å². The Morgan fingerprint density at radius 1 is 1.04 bits per heavy atom. The SMILES string of the molecule is Cl.Nc1ccc(OCCNC(=O)c2cc([N+](=O)[O-])cc([N+](=O)[O-])c2)cc1. The molecule has 0 aliphatic heterocycles. The molecule has 2 rings (SSSR count). The van der Waals surface area contributed by atoms with E-state index in [1.807, 2.05) is 0 Å². The number of nitro benzene ring substituents is 2. The number of nitrogens with one attached hydrogen (secondary N) is 1. The van der Waals surface area contributed by atoms with Gasteiger partial charge < -0.3 is 15.8 Å². The minimum Gasteiger partial charge on any atom is -0.492 e. The van der Waals surface area contributed by atoms with Gasteiger partial charge in [0.1, 0.15) is 12.4 Å². The molecule has 0 heterocycles. The van der Waals surface area contributed by atoms with Crippen LogP contribution in [0.25, 0.3) is 0 Å². The molecule has 26 heavy (non-hydrogen) atoms. The summed E-state index contributed by atoms with van der Waals surface area (Å²) in [6.45, 7) is 0.256. The molecule has 0 fully saturated rings. The Hall–Kier alpha value is -3.40. The van der Waals surface area contributed by atoms with E-state index in [-0.39, 0.29) is 31.1 Å². The molecule has 0 aliphatic carbocycles. The normalized spacial score (nSPS) is 9.69. The highest BCUT2D eigenvalue weighted by Crippen LogP contribution is 2.22. The predicted molar refractivity (Wildman–Crippen MR) is 95.7 cm³/mol. The number of carbonyl (C=O) groups excluding carboxylic acids is 1. The summed E-state index contributed by atoms with van der Waals surface area (Å²) in [5, 5.41) is 24.1. The van der Waals surface area contributed by atoms with Crippen molar-refractivity contribution in [2.45, 2.75) is 0 Å². The third-order valence-corrected chi connectivity index (χ3v) is 3.12. The van der Waals surface area contributed by atoms with Crippen LogP contribution in [0.15, 0.2) is 42.5 Å². The van der Waals surface area contributed by atoms with Crippen LogP contribution >= 0.6 is 12.4 Å². The molecule has 10 nitrogen and oxygen atoms in total. The Kier molecular flexibility index (Phi) is 7.29. The number of anilines is 1. The zero-order chi connectivity index (χ0) is 18.4. The molecule has 138 valence electrons. The van der Waals surface area contributed by atoms with Crippen molar-refractivity contribution in [3.05, 3.63) is 68.3 Å². The van der Waals surface area contributed by atoms with Gasteiger partial charge in [0.2, 0.25) is 0 Å². The van der Waals surface area contributed by atoms with E-state index in [1.165, 1.54) is 0 Å². The Bertz CT molecular complexity index is 780. The van der Waals surface area contributed by atoms with E-state index < -0.39 is 27.1 Å². The number of nitro groups is 2. The third-order valence-electron chi connectivity index (χ3n) is 3.12. The minimum atomic E-state index is -0.798. The first-order valence-corrected chi connectivity index (χ1v) is 7.07. The van der Waals surface area contributed by atoms with Crippen LogP contribution in [0.4, 0.5) is 17.1 Å². The Morgan fingerprint density at radius 2 is 1.58 bits per heavy atom. The maximum Gasteiger partial charge on any atom is 0.277 e. The summed E-state index contributed by atoms with van der Waals surface area (Å²) in [5.74, 6) is -0.109. The lowest BCUT2D eigenvalue weighted by atomic mass is 10.1. The molecule has 1 amide bonds. The molecule has 0 aromatic heterocycles. The highest BCUT2D eigenvalue weighted by atomic mass is 35.5. The average molecular weight is 383 g/mol. The Labute approximate surface area is 153 Å². The van der Waals surface area contributed by atoms with Gasteiger partial charge in [-0.2, -0.15) is 0 Å². The number of nitrogen functional groups attached to an aromatic ring is 1. The zero-order valence-corrected chi connectivity index (χ0v) is 14.1. The number of non-ortho nitro benzene ring substituents is 2. The van der Waals surface area contributed by atoms with E-state index in [1.54, 1.807) is 24.3 Å². The van der Waals surface area contributed by atoms with Crippen LogP contribution in [0, 0.1) is 20.2 Å². The van der Waals surface area contributed by atoms with Crippen molar-refractivity contribution in [1.82, 2.24) is 5.32 Å². The maximum atomic E-state index is 12.0. The lowest BCUT2D eigenvalue weighted by Gasteiger charge is -2.08. The van der Waals surface area contributed by atoms with Gasteiger partial charge in [-0.25, -0.2) is 0 Å². The topological polar surface area (TPSA) is 151 Å². The van der Waals surface area contributed by atoms with E-state index in [0.29, 0.717) is 11.4 Å². The van der Waals surface area contributed by atoms with Crippen molar-refractivity contribution in [3.8, 4) is 5.75 Å². The van der Waals surface area contributed by atoms with Crippen molar-refractivity contribution in [3.63, 3.8) is 0 Å². The number of benzene rings is 2. The molecular formula is C15H15ClN4O6. The van der Waals surface area contributed by atoms with Crippen molar-refractivity contribution >= 4 is 35.4 Å². The predicted octanol–water partition coefficient (Wildman–Crippen LogP) is 2.32. The van der Waals surface area contributed by atoms with Crippen LogP contribution in [0.3, 0.4) is 0 Å². The van der Waals surface area contributed by atoms with E-state index in [9.17, 15) is 25.0 Å². The van der Waals surface area contributed by atoms with Crippen molar-refractivity contribution in [1.29, 1.82) is 0 Å². The smallest absolute Gasteiger partial charge is 0.277 e. The lowest BCUT2D eigenvalue weighted by Crippen LogP contribution is -2.28. The second kappa shape index (κ2) is 9.18. The Morgan fingerprint density at radius 3 is 2.08 bits per heavy atom. The largest absolute Gasteiger partial charge is 0.492 e. The standard InChI is InChI=1S/C15H14N4O6.ClH/c16-11-1-3-14(4-2-11)25-6-5-17-15(20)10-7-12(18(21)22)9-13(8-10)19(23)24;/h1-4,7-9H,5-6,16H2,(H,17,20);1H. The number of hydrogen-bond acceptors (Lipinski definition) is 7. The summed E-state index contributed by atoms with van der Waals surface area (Å²) < 4.78 is 5.38. The second-order valence-corrected chi connectivity index (χ2v) is 4.93. The first kappa shape index (κ1) is 20.6. The van der Waals surface area contributed by atoms with Crippen LogP contribution < -0.4 is 15.8 Å². The van der Waals surface area contributed by atoms with Crippen LogP contribution in [-0.2, 0) is 0 Å². The molecule has 0 radical (unpaired) electrons. The van der Waals surface area contributed by atoms with Gasteiger partial charge in [0.15, 0.2) is 0 Å². The van der Waals surface area contributed by atoms with Crippen LogP contribution in [0.2, 0.25) is 0 Å². The zero-order valence-electron chi connectivity index (χ0n) is 13.3. The number of halogens is 1. The fourth-order valence-electron chi connectivity index (χ4n) is 1.94. The molecular weight excluding hydrogens is 368 g/mol. The molecule has 0 saturated carbocycles. The average Bonchev–Trinajstić information content (AvgIpc) is 2.59. The molecule has 0 saturated heterocycles. The summed E-state index contributed by atoms with van der Waals surface area (Å²) in [5.41, 5.74) is 4.90. The summed E-state index contributed by atoms with van der Waals surface area (Å²) in [6, 6.07) is 9.40. The van der Waals surface area contributed by atoms with Crippen molar-refractivity contribution in [2.75, 3.05) is 18.9 Å². The first-order chi connectivity index (χ1) is 11.9. The highest BCUT2D eigenvalue weighted by molar-refractivity contribution is 5.95. The quantitative estimate of drug-likeness (QED) is 0.322. The van der Waals surface area contributed by atoms with Gasteiger partial charge in [-0.15, -0.1) is 12.4 Å². The monoisotopic (exact) mass is 382 g/mol. The number of amides is 1. The first-order valence-electron chi connectivity index (χ1n) is 7.07. The number of nitrogens with zero attached hydrogens (tertiary/aromatic N) is 2. The molecule has 3 N–H and O–H groups in total. The second-order valence-electron chi connectivity index (χ2n) is 4.93. The van der Waals surface area contributed by atoms with Crippen molar-refractivity contribution in [2.24, 2.45) is 0 Å². The van der Waals surface area contributed by atoms with Gasteiger partial charge in [-0.05, 0) is 24.3 Å². The van der Waals surface area contributed by atoms with Crippen LogP contribution in [-0.4, -0.2) is 28.9 Å². The molecule has 2 aromatic rings. The van der Waals surface area contributed by atoms with E-state index in [2.05, 4.69) is 5.32 Å². The number of nitrogens with two attached hydrogens (primary N) is 1. The minimum absolute atomic E-state index is 0. The third kappa shape index (κ3) is 5.60. The lowest BCUT2D eigenvalue weighted by molar-refractivity contribution is -0.394. The molecule has 0 unspecified atom stereocenters. The summed E-state index contributed by atoms with van der Waals surface area (Å²) in [4.78, 5) is 32.1. The van der Waals surface area contributed by atoms with Crippen LogP contribution in [0.1, 0.15) is 10.4 Å². The van der Waals surface area contributed by atoms with Gasteiger partial charge >= 0.3 is 0 Å². The van der Waals surface area contributed by atoms with E-state index >= 15 is 0 Å². The highest BCUT2D eigenvalue weighted by Gasteiger charge is 2.19. The molecule has 0 spiro atoms. The van der Waals surface area contributed by atoms with Gasteiger partial charge in [-0.1, -0.05) is 0 Å². The maximum absolute atomic E-state index is 12.0. The van der Waals surface area contributed by atoms with Gasteiger partial charge in [0.05, 0.1) is 28.0 Å². The molecule has 0 atom stereocenters. The van der Waals surface area contributed by atoms with Gasteiger partial charge in [-0.3, -0.25) is 25.0 Å². The van der Waals surface area contributed by atoms with Crippen molar-refractivity contribution < 1.29 is 19.4 Å². The summed E-state index contributed by atoms with van der Waals surface area (Å²) >= 11 is 0. The molecule has 11 heteroatoms. The molecule has 0 bridgehead atoms. The van der Waals surface area contributed by atoms with E-state index in [0.717, 1.165) is 18.2 Å². The van der Waals surface area contributed by atoms with Gasteiger partial charge in [0.25, 0.3) is 17.3 Å². The number of carbonyl (C=O) groups is 1. The molecule has 0 aliphatic rings. The van der Waals surface area contributed by atoms with Gasteiger partial charge in [0, 0.05) is 17.8 Å². The number of hydrogen-bond donors (Lipinski definition) is 2. The fourth-order valence-corrected chi connectivity index (χ4v) is 1.94. The summed E-state index contributed by atoms with van der Waals surface area (Å²) in [6.07, 6.45) is 0. The Balaban J connectivity index is 0.00000338.